The van der Waals surface area contributed by atoms with Crippen LogP contribution in [0.2, 0.25) is 0 Å². The summed E-state index contributed by atoms with van der Waals surface area (Å²) in [5, 5.41) is 3.50. The fourth-order valence-electron chi connectivity index (χ4n) is 2.82. The van der Waals surface area contributed by atoms with Gasteiger partial charge in [-0.05, 0) is 44.9 Å². The van der Waals surface area contributed by atoms with Gasteiger partial charge in [0.1, 0.15) is 0 Å². The monoisotopic (exact) mass is 249 g/mol. The summed E-state index contributed by atoms with van der Waals surface area (Å²) in [7, 11) is 0. The van der Waals surface area contributed by atoms with Gasteiger partial charge in [0.15, 0.2) is 0 Å². The van der Waals surface area contributed by atoms with Gasteiger partial charge in [-0.1, -0.05) is 20.3 Å². The van der Waals surface area contributed by atoms with Crippen molar-refractivity contribution in [1.82, 2.24) is 9.55 Å². The largest absolute Gasteiger partial charge is 0.356 e. The van der Waals surface area contributed by atoms with Crippen molar-refractivity contribution in [2.45, 2.75) is 65.3 Å². The third kappa shape index (κ3) is 3.27. The number of hydrogen-bond donors (Lipinski definition) is 1. The summed E-state index contributed by atoms with van der Waals surface area (Å²) in [6, 6.07) is 0.659. The lowest BCUT2D eigenvalue weighted by atomic mass is 9.87. The minimum atomic E-state index is 0.659. The maximum atomic E-state index is 4.63. The average molecular weight is 249 g/mol. The lowest BCUT2D eigenvalue weighted by molar-refractivity contribution is 0.291. The topological polar surface area (TPSA) is 29.9 Å². The first-order valence-corrected chi connectivity index (χ1v) is 7.50. The van der Waals surface area contributed by atoms with E-state index in [4.69, 9.17) is 0 Å². The van der Waals surface area contributed by atoms with Crippen LogP contribution in [0.25, 0.3) is 0 Å². The molecule has 0 spiro atoms. The number of aromatic nitrogens is 2. The van der Waals surface area contributed by atoms with Crippen LogP contribution in [0.1, 0.15) is 64.1 Å². The molecule has 0 aromatic carbocycles. The van der Waals surface area contributed by atoms with Crippen LogP contribution in [-0.4, -0.2) is 16.1 Å². The number of rotatable bonds is 5. The van der Waals surface area contributed by atoms with E-state index < -0.39 is 0 Å². The van der Waals surface area contributed by atoms with Crippen molar-refractivity contribution in [3.63, 3.8) is 0 Å². The molecule has 3 nitrogen and oxygen atoms in total. The Morgan fingerprint density at radius 1 is 1.33 bits per heavy atom. The molecule has 1 aliphatic rings. The average Bonchev–Trinajstić information content (AvgIpc) is 2.72. The normalized spacial score (nSPS) is 24.2. The summed E-state index contributed by atoms with van der Waals surface area (Å²) in [5.41, 5.74) is 1.13. The van der Waals surface area contributed by atoms with Gasteiger partial charge in [0.2, 0.25) is 5.95 Å². The van der Waals surface area contributed by atoms with Crippen LogP contribution in [0.3, 0.4) is 0 Å². The van der Waals surface area contributed by atoms with E-state index in [0.29, 0.717) is 6.04 Å². The summed E-state index contributed by atoms with van der Waals surface area (Å²) >= 11 is 0. The standard InChI is InChI=1S/C15H27N3/c1-4-5-10-16-15-17-13(3)11-18(15)14-8-6-12(2)7-9-14/h11-12,14H,4-10H2,1-3H3,(H,16,17). The van der Waals surface area contributed by atoms with E-state index in [1.54, 1.807) is 0 Å². The second-order valence-corrected chi connectivity index (χ2v) is 5.81. The molecule has 0 radical (unpaired) electrons. The van der Waals surface area contributed by atoms with E-state index in [2.05, 4.69) is 41.8 Å². The molecular formula is C15H27N3. The highest BCUT2D eigenvalue weighted by Crippen LogP contribution is 2.33. The molecule has 102 valence electrons. The van der Waals surface area contributed by atoms with Crippen molar-refractivity contribution >= 4 is 5.95 Å². The molecule has 1 aromatic heterocycles. The SMILES string of the molecule is CCCCNc1nc(C)cn1C1CCC(C)CC1. The molecule has 0 amide bonds. The van der Waals surface area contributed by atoms with Gasteiger partial charge in [0.05, 0.1) is 5.69 Å². The first kappa shape index (κ1) is 13.4. The molecule has 3 heteroatoms. The zero-order valence-corrected chi connectivity index (χ0v) is 12.1. The van der Waals surface area contributed by atoms with Crippen LogP contribution < -0.4 is 5.32 Å². The van der Waals surface area contributed by atoms with Crippen molar-refractivity contribution in [2.75, 3.05) is 11.9 Å². The third-order valence-electron chi connectivity index (χ3n) is 4.04. The molecule has 0 aliphatic heterocycles. The van der Waals surface area contributed by atoms with Crippen molar-refractivity contribution in [2.24, 2.45) is 5.92 Å². The Balaban J connectivity index is 2.02. The Labute approximate surface area is 111 Å². The Hall–Kier alpha value is -0.990. The molecule has 1 saturated carbocycles. The zero-order valence-electron chi connectivity index (χ0n) is 12.1. The Morgan fingerprint density at radius 2 is 2.06 bits per heavy atom. The molecule has 1 N–H and O–H groups in total. The Kier molecular flexibility index (Phi) is 4.67. The van der Waals surface area contributed by atoms with Crippen molar-refractivity contribution in [3.8, 4) is 0 Å². The van der Waals surface area contributed by atoms with Gasteiger partial charge in [-0.2, -0.15) is 0 Å². The Bertz CT molecular complexity index is 362. The summed E-state index contributed by atoms with van der Waals surface area (Å²) in [4.78, 5) is 4.63. The first-order chi connectivity index (χ1) is 8.70. The van der Waals surface area contributed by atoms with Crippen LogP contribution >= 0.6 is 0 Å². The number of hydrogen-bond acceptors (Lipinski definition) is 2. The van der Waals surface area contributed by atoms with Gasteiger partial charge in [0, 0.05) is 18.8 Å². The molecule has 1 heterocycles. The predicted octanol–water partition coefficient (Wildman–Crippen LogP) is 4.15. The van der Waals surface area contributed by atoms with Crippen LogP contribution in [0, 0.1) is 12.8 Å². The summed E-state index contributed by atoms with van der Waals surface area (Å²) in [6.45, 7) is 7.72. The van der Waals surface area contributed by atoms with E-state index in [9.17, 15) is 0 Å². The van der Waals surface area contributed by atoms with E-state index in [-0.39, 0.29) is 0 Å². The highest BCUT2D eigenvalue weighted by Gasteiger charge is 2.21. The highest BCUT2D eigenvalue weighted by atomic mass is 15.2. The summed E-state index contributed by atoms with van der Waals surface area (Å²) in [5.74, 6) is 1.99. The number of unbranched alkanes of at least 4 members (excludes halogenated alkanes) is 1. The van der Waals surface area contributed by atoms with Gasteiger partial charge in [-0.15, -0.1) is 0 Å². The van der Waals surface area contributed by atoms with Crippen molar-refractivity contribution < 1.29 is 0 Å². The second kappa shape index (κ2) is 6.26. The number of nitrogens with zero attached hydrogens (tertiary/aromatic N) is 2. The van der Waals surface area contributed by atoms with E-state index in [1.807, 2.05) is 0 Å². The molecule has 1 aliphatic carbocycles. The quantitative estimate of drug-likeness (QED) is 0.794. The van der Waals surface area contributed by atoms with E-state index >= 15 is 0 Å². The number of imidazole rings is 1. The van der Waals surface area contributed by atoms with E-state index in [0.717, 1.165) is 24.1 Å². The van der Waals surface area contributed by atoms with Crippen LogP contribution in [-0.2, 0) is 0 Å². The maximum absolute atomic E-state index is 4.63. The lowest BCUT2D eigenvalue weighted by Crippen LogP contribution is -2.18. The highest BCUT2D eigenvalue weighted by molar-refractivity contribution is 5.29. The first-order valence-electron chi connectivity index (χ1n) is 7.50. The number of nitrogens with one attached hydrogen (secondary N) is 1. The van der Waals surface area contributed by atoms with Gasteiger partial charge in [0.25, 0.3) is 0 Å². The molecule has 0 unspecified atom stereocenters. The smallest absolute Gasteiger partial charge is 0.203 e. The molecule has 0 atom stereocenters. The third-order valence-corrected chi connectivity index (χ3v) is 4.04. The van der Waals surface area contributed by atoms with Crippen LogP contribution in [0.4, 0.5) is 5.95 Å². The second-order valence-electron chi connectivity index (χ2n) is 5.81. The lowest BCUT2D eigenvalue weighted by Gasteiger charge is -2.28. The number of aryl methyl sites for hydroxylation is 1. The molecule has 0 bridgehead atoms. The van der Waals surface area contributed by atoms with Gasteiger partial charge in [-0.25, -0.2) is 4.98 Å². The predicted molar refractivity (Wildman–Crippen MR) is 77.0 cm³/mol. The molecule has 0 saturated heterocycles. The fraction of sp³-hybridized carbons (Fsp3) is 0.800. The summed E-state index contributed by atoms with van der Waals surface area (Å²) in [6.07, 6.45) is 9.99. The number of anilines is 1. The molecular weight excluding hydrogens is 222 g/mol. The minimum Gasteiger partial charge on any atom is -0.356 e. The van der Waals surface area contributed by atoms with Gasteiger partial charge < -0.3 is 9.88 Å². The van der Waals surface area contributed by atoms with Gasteiger partial charge in [-0.3, -0.25) is 0 Å². The summed E-state index contributed by atoms with van der Waals surface area (Å²) < 4.78 is 2.39. The molecule has 1 fully saturated rings. The van der Waals surface area contributed by atoms with Crippen molar-refractivity contribution in [1.29, 1.82) is 0 Å². The Morgan fingerprint density at radius 3 is 2.72 bits per heavy atom. The molecule has 1 aromatic rings. The maximum Gasteiger partial charge on any atom is 0.203 e. The fourth-order valence-corrected chi connectivity index (χ4v) is 2.82. The molecule has 2 rings (SSSR count). The zero-order chi connectivity index (χ0) is 13.0. The molecule has 18 heavy (non-hydrogen) atoms. The van der Waals surface area contributed by atoms with Gasteiger partial charge >= 0.3 is 0 Å². The minimum absolute atomic E-state index is 0.659. The van der Waals surface area contributed by atoms with Crippen molar-refractivity contribution in [3.05, 3.63) is 11.9 Å². The van der Waals surface area contributed by atoms with Crippen LogP contribution in [0.5, 0.6) is 0 Å². The van der Waals surface area contributed by atoms with E-state index in [1.165, 1.54) is 38.5 Å². The van der Waals surface area contributed by atoms with Crippen LogP contribution in [0.15, 0.2) is 6.20 Å².